The minimum absolute atomic E-state index is 0.647. The van der Waals surface area contributed by atoms with Crippen molar-refractivity contribution in [2.45, 2.75) is 25.3 Å². The highest BCUT2D eigenvalue weighted by molar-refractivity contribution is 6.30. The van der Waals surface area contributed by atoms with Crippen LogP contribution in [0, 0.1) is 0 Å². The molecule has 1 unspecified atom stereocenters. The van der Waals surface area contributed by atoms with Gasteiger partial charge in [0.1, 0.15) is 5.75 Å². The Morgan fingerprint density at radius 3 is 3.06 bits per heavy atom. The van der Waals surface area contributed by atoms with Gasteiger partial charge in [-0.3, -0.25) is 0 Å². The molecule has 1 aliphatic heterocycles. The number of ether oxygens (including phenoxy) is 1. The summed E-state index contributed by atoms with van der Waals surface area (Å²) in [4.78, 5) is 2.39. The van der Waals surface area contributed by atoms with Crippen LogP contribution in [0.3, 0.4) is 0 Å². The highest BCUT2D eigenvalue weighted by Gasteiger charge is 2.20. The zero-order chi connectivity index (χ0) is 12.3. The number of rotatable bonds is 4. The number of hydrogen-bond acceptors (Lipinski definition) is 3. The second-order valence-electron chi connectivity index (χ2n) is 4.60. The molecule has 0 radical (unpaired) electrons. The Labute approximate surface area is 107 Å². The van der Waals surface area contributed by atoms with Crippen LogP contribution in [0.15, 0.2) is 18.2 Å². The molecule has 0 amide bonds. The fraction of sp³-hybridized carbons (Fsp3) is 0.538. The number of likely N-dealkylation sites (tertiary alicyclic amines) is 1. The van der Waals surface area contributed by atoms with Crippen molar-refractivity contribution in [2.24, 2.45) is 0 Å². The van der Waals surface area contributed by atoms with E-state index in [9.17, 15) is 0 Å². The molecule has 1 aliphatic rings. The predicted octanol–water partition coefficient (Wildman–Crippen LogP) is 2.79. The summed E-state index contributed by atoms with van der Waals surface area (Å²) in [7, 11) is 2.17. The van der Waals surface area contributed by atoms with Crippen molar-refractivity contribution in [1.82, 2.24) is 4.90 Å². The Hall–Kier alpha value is -0.930. The maximum atomic E-state index is 5.90. The van der Waals surface area contributed by atoms with Crippen LogP contribution >= 0.6 is 11.6 Å². The predicted molar refractivity (Wildman–Crippen MR) is 71.6 cm³/mol. The van der Waals surface area contributed by atoms with Gasteiger partial charge in [0.25, 0.3) is 0 Å². The zero-order valence-electron chi connectivity index (χ0n) is 10.2. The maximum absolute atomic E-state index is 5.90. The van der Waals surface area contributed by atoms with Crippen LogP contribution in [-0.4, -0.2) is 31.1 Å². The van der Waals surface area contributed by atoms with Crippen molar-refractivity contribution in [3.63, 3.8) is 0 Å². The Morgan fingerprint density at radius 1 is 1.53 bits per heavy atom. The van der Waals surface area contributed by atoms with E-state index in [-0.39, 0.29) is 0 Å². The summed E-state index contributed by atoms with van der Waals surface area (Å²) < 4.78 is 5.69. The van der Waals surface area contributed by atoms with E-state index in [0.717, 1.165) is 6.42 Å². The van der Waals surface area contributed by atoms with Crippen LogP contribution in [0.2, 0.25) is 5.02 Å². The van der Waals surface area contributed by atoms with Gasteiger partial charge in [0.05, 0.1) is 12.3 Å². The molecule has 94 valence electrons. The van der Waals surface area contributed by atoms with E-state index in [4.69, 9.17) is 22.1 Å². The summed E-state index contributed by atoms with van der Waals surface area (Å²) in [6.45, 7) is 1.89. The largest absolute Gasteiger partial charge is 0.491 e. The molecular weight excluding hydrogens is 236 g/mol. The molecular formula is C13H19ClN2O. The Balaban J connectivity index is 1.83. The van der Waals surface area contributed by atoms with Gasteiger partial charge in [-0.25, -0.2) is 0 Å². The van der Waals surface area contributed by atoms with Gasteiger partial charge in [-0.15, -0.1) is 0 Å². The molecule has 0 spiro atoms. The standard InChI is InChI=1S/C13H19ClN2O/c1-16-7-2-3-11(16)6-8-17-13-9-10(14)4-5-12(13)15/h4-5,9,11H,2-3,6-8,15H2,1H3. The van der Waals surface area contributed by atoms with Gasteiger partial charge in [0, 0.05) is 17.1 Å². The Morgan fingerprint density at radius 2 is 2.35 bits per heavy atom. The molecule has 1 atom stereocenters. The first-order valence-electron chi connectivity index (χ1n) is 6.05. The number of nitrogens with two attached hydrogens (primary N) is 1. The van der Waals surface area contributed by atoms with Gasteiger partial charge in [-0.2, -0.15) is 0 Å². The highest BCUT2D eigenvalue weighted by atomic mass is 35.5. The van der Waals surface area contributed by atoms with Gasteiger partial charge in [-0.05, 0) is 45.0 Å². The van der Waals surface area contributed by atoms with Crippen molar-refractivity contribution < 1.29 is 4.74 Å². The van der Waals surface area contributed by atoms with Crippen molar-refractivity contribution in [3.8, 4) is 5.75 Å². The molecule has 17 heavy (non-hydrogen) atoms. The summed E-state index contributed by atoms with van der Waals surface area (Å²) in [5, 5.41) is 0.659. The molecule has 0 bridgehead atoms. The fourth-order valence-electron chi connectivity index (χ4n) is 2.28. The molecule has 1 fully saturated rings. The number of nitrogens with zero attached hydrogens (tertiary/aromatic N) is 1. The van der Waals surface area contributed by atoms with E-state index in [1.807, 2.05) is 0 Å². The van der Waals surface area contributed by atoms with E-state index >= 15 is 0 Å². The maximum Gasteiger partial charge on any atom is 0.143 e. The van der Waals surface area contributed by atoms with Gasteiger partial charge < -0.3 is 15.4 Å². The van der Waals surface area contributed by atoms with Crippen molar-refractivity contribution in [3.05, 3.63) is 23.2 Å². The zero-order valence-corrected chi connectivity index (χ0v) is 10.9. The molecule has 0 aromatic heterocycles. The SMILES string of the molecule is CN1CCCC1CCOc1cc(Cl)ccc1N. The van der Waals surface area contributed by atoms with Crippen LogP contribution < -0.4 is 10.5 Å². The van der Waals surface area contributed by atoms with Crippen molar-refractivity contribution >= 4 is 17.3 Å². The van der Waals surface area contributed by atoms with Crippen LogP contribution in [0.25, 0.3) is 0 Å². The molecule has 0 saturated carbocycles. The van der Waals surface area contributed by atoms with E-state index in [2.05, 4.69) is 11.9 Å². The molecule has 2 N–H and O–H groups in total. The topological polar surface area (TPSA) is 38.5 Å². The summed E-state index contributed by atoms with van der Waals surface area (Å²) in [5.74, 6) is 0.693. The molecule has 1 heterocycles. The summed E-state index contributed by atoms with van der Waals surface area (Å²) >= 11 is 5.90. The number of nitrogen functional groups attached to an aromatic ring is 1. The van der Waals surface area contributed by atoms with Crippen molar-refractivity contribution in [2.75, 3.05) is 25.9 Å². The second kappa shape index (κ2) is 5.61. The molecule has 1 saturated heterocycles. The minimum Gasteiger partial charge on any atom is -0.491 e. The third-order valence-corrected chi connectivity index (χ3v) is 3.59. The summed E-state index contributed by atoms with van der Waals surface area (Å²) in [6.07, 6.45) is 3.60. The lowest BCUT2D eigenvalue weighted by Crippen LogP contribution is -2.26. The first kappa shape index (κ1) is 12.5. The van der Waals surface area contributed by atoms with Gasteiger partial charge in [-0.1, -0.05) is 11.6 Å². The molecule has 3 nitrogen and oxygen atoms in total. The lowest BCUT2D eigenvalue weighted by atomic mass is 10.1. The van der Waals surface area contributed by atoms with Crippen molar-refractivity contribution in [1.29, 1.82) is 0 Å². The van der Waals surface area contributed by atoms with Crippen LogP contribution in [0.5, 0.6) is 5.75 Å². The highest BCUT2D eigenvalue weighted by Crippen LogP contribution is 2.26. The summed E-state index contributed by atoms with van der Waals surface area (Å²) in [5.41, 5.74) is 6.46. The van der Waals surface area contributed by atoms with Crippen LogP contribution in [-0.2, 0) is 0 Å². The monoisotopic (exact) mass is 254 g/mol. The smallest absolute Gasteiger partial charge is 0.143 e. The molecule has 1 aromatic carbocycles. The molecule has 0 aliphatic carbocycles. The first-order valence-corrected chi connectivity index (χ1v) is 6.42. The second-order valence-corrected chi connectivity index (χ2v) is 5.03. The molecule has 1 aromatic rings. The average Bonchev–Trinajstić information content (AvgIpc) is 2.70. The van der Waals surface area contributed by atoms with Crippen LogP contribution in [0.1, 0.15) is 19.3 Å². The lowest BCUT2D eigenvalue weighted by Gasteiger charge is -2.19. The Bertz CT molecular complexity index is 384. The number of hydrogen-bond donors (Lipinski definition) is 1. The van der Waals surface area contributed by atoms with E-state index in [1.165, 1.54) is 19.4 Å². The van der Waals surface area contributed by atoms with Crippen LogP contribution in [0.4, 0.5) is 5.69 Å². The Kier molecular flexibility index (Phi) is 4.13. The van der Waals surface area contributed by atoms with E-state index < -0.39 is 0 Å². The first-order chi connectivity index (χ1) is 8.16. The average molecular weight is 255 g/mol. The quantitative estimate of drug-likeness (QED) is 0.840. The molecule has 2 rings (SSSR count). The van der Waals surface area contributed by atoms with Gasteiger partial charge in [0.15, 0.2) is 0 Å². The van der Waals surface area contributed by atoms with E-state index in [0.29, 0.717) is 29.1 Å². The van der Waals surface area contributed by atoms with E-state index in [1.54, 1.807) is 18.2 Å². The number of benzene rings is 1. The summed E-state index contributed by atoms with van der Waals surface area (Å²) in [6, 6.07) is 5.97. The fourth-order valence-corrected chi connectivity index (χ4v) is 2.44. The number of anilines is 1. The lowest BCUT2D eigenvalue weighted by molar-refractivity contribution is 0.234. The molecule has 4 heteroatoms. The normalized spacial score (nSPS) is 20.7. The van der Waals surface area contributed by atoms with Gasteiger partial charge >= 0.3 is 0 Å². The minimum atomic E-state index is 0.647. The number of halogens is 1. The third kappa shape index (κ3) is 3.27. The van der Waals surface area contributed by atoms with Gasteiger partial charge in [0.2, 0.25) is 0 Å². The third-order valence-electron chi connectivity index (χ3n) is 3.36.